The van der Waals surface area contributed by atoms with Crippen LogP contribution in [0, 0.1) is 17.6 Å². The molecule has 1 aromatic carbocycles. The number of carbonyl (C=O) groups excluding carboxylic acids is 2. The first-order chi connectivity index (χ1) is 13.4. The fraction of sp³-hybridized carbons (Fsp3) is 0.450. The van der Waals surface area contributed by atoms with Gasteiger partial charge in [0.1, 0.15) is 0 Å². The first kappa shape index (κ1) is 18.6. The molecule has 2 aromatic rings. The van der Waals surface area contributed by atoms with E-state index < -0.39 is 23.6 Å². The van der Waals surface area contributed by atoms with Crippen LogP contribution in [0.15, 0.2) is 24.4 Å². The van der Waals surface area contributed by atoms with Gasteiger partial charge < -0.3 is 9.80 Å². The standard InChI is InChI=1S/C20H22F2N4O2/c1-3-25-16(27)7-5-13(19(25)15-8-10-23-24(15)2)20(28)26-11-9-12-4-6-14(21)17(22)18(12)26/h4,6,8,10,13,19H,3,5,7,9,11H2,1-2H3/t13-,19-/m0/s1. The molecular formula is C20H22F2N4O2. The number of carbonyl (C=O) groups is 2. The smallest absolute Gasteiger partial charge is 0.232 e. The lowest BCUT2D eigenvalue weighted by Crippen LogP contribution is -2.49. The van der Waals surface area contributed by atoms with Gasteiger partial charge in [-0.2, -0.15) is 5.10 Å². The Hall–Kier alpha value is -2.77. The fourth-order valence-corrected chi connectivity index (χ4v) is 4.46. The third kappa shape index (κ3) is 2.78. The molecule has 2 aliphatic heterocycles. The van der Waals surface area contributed by atoms with Gasteiger partial charge in [0, 0.05) is 32.8 Å². The summed E-state index contributed by atoms with van der Waals surface area (Å²) in [7, 11) is 1.77. The molecule has 148 valence electrons. The molecule has 4 rings (SSSR count). The van der Waals surface area contributed by atoms with Gasteiger partial charge in [0.15, 0.2) is 11.6 Å². The van der Waals surface area contributed by atoms with E-state index in [-0.39, 0.29) is 23.9 Å². The van der Waals surface area contributed by atoms with Gasteiger partial charge in [0.05, 0.1) is 23.3 Å². The second-order valence-electron chi connectivity index (χ2n) is 7.26. The number of aryl methyl sites for hydroxylation is 1. The third-order valence-electron chi connectivity index (χ3n) is 5.82. The maximum absolute atomic E-state index is 14.5. The van der Waals surface area contributed by atoms with Crippen molar-refractivity contribution in [3.8, 4) is 0 Å². The average Bonchev–Trinajstić information content (AvgIpc) is 3.30. The van der Waals surface area contributed by atoms with Crippen LogP contribution in [0.25, 0.3) is 0 Å². The topological polar surface area (TPSA) is 58.4 Å². The molecule has 0 N–H and O–H groups in total. The van der Waals surface area contributed by atoms with Crippen molar-refractivity contribution in [3.63, 3.8) is 0 Å². The summed E-state index contributed by atoms with van der Waals surface area (Å²) in [6, 6.07) is 3.94. The first-order valence-corrected chi connectivity index (χ1v) is 9.49. The lowest BCUT2D eigenvalue weighted by Gasteiger charge is -2.41. The van der Waals surface area contributed by atoms with E-state index in [0.717, 1.165) is 11.8 Å². The van der Waals surface area contributed by atoms with Crippen LogP contribution in [0.5, 0.6) is 0 Å². The summed E-state index contributed by atoms with van der Waals surface area (Å²) in [6.07, 6.45) is 2.74. The van der Waals surface area contributed by atoms with Crippen LogP contribution in [0.4, 0.5) is 14.5 Å². The summed E-state index contributed by atoms with van der Waals surface area (Å²) >= 11 is 0. The molecular weight excluding hydrogens is 366 g/mol. The molecule has 3 heterocycles. The van der Waals surface area contributed by atoms with E-state index in [1.807, 2.05) is 6.92 Å². The molecule has 0 spiro atoms. The number of aromatic nitrogens is 2. The molecule has 8 heteroatoms. The summed E-state index contributed by atoms with van der Waals surface area (Å²) < 4.78 is 29.9. The highest BCUT2D eigenvalue weighted by molar-refractivity contribution is 5.98. The van der Waals surface area contributed by atoms with Gasteiger partial charge in [-0.15, -0.1) is 0 Å². The van der Waals surface area contributed by atoms with Crippen molar-refractivity contribution < 1.29 is 18.4 Å². The Labute approximate surface area is 161 Å². The number of benzene rings is 1. The second-order valence-corrected chi connectivity index (χ2v) is 7.26. The fourth-order valence-electron chi connectivity index (χ4n) is 4.46. The normalized spacial score (nSPS) is 21.9. The molecule has 0 unspecified atom stereocenters. The molecule has 6 nitrogen and oxygen atoms in total. The predicted octanol–water partition coefficient (Wildman–Crippen LogP) is 2.59. The van der Waals surface area contributed by atoms with Crippen LogP contribution in [0.2, 0.25) is 0 Å². The number of hydrogen-bond acceptors (Lipinski definition) is 3. The van der Waals surface area contributed by atoms with Crippen LogP contribution in [-0.4, -0.2) is 39.6 Å². The predicted molar refractivity (Wildman–Crippen MR) is 98.5 cm³/mol. The first-order valence-electron chi connectivity index (χ1n) is 9.49. The number of hydrogen-bond donors (Lipinski definition) is 0. The average molecular weight is 388 g/mol. The SMILES string of the molecule is CCN1C(=O)CC[C@H](C(=O)N2CCc3ccc(F)c(F)c32)[C@H]1c1ccnn1C. The van der Waals surface area contributed by atoms with Crippen LogP contribution in [0.3, 0.4) is 0 Å². The second kappa shape index (κ2) is 7.00. The highest BCUT2D eigenvalue weighted by atomic mass is 19.2. The maximum atomic E-state index is 14.5. The van der Waals surface area contributed by atoms with Gasteiger partial charge in [-0.3, -0.25) is 14.3 Å². The van der Waals surface area contributed by atoms with Crippen molar-refractivity contribution in [3.05, 3.63) is 47.3 Å². The van der Waals surface area contributed by atoms with Crippen molar-refractivity contribution in [1.29, 1.82) is 0 Å². The number of halogens is 2. The minimum atomic E-state index is -0.986. The Kier molecular flexibility index (Phi) is 4.64. The van der Waals surface area contributed by atoms with Gasteiger partial charge in [0.25, 0.3) is 0 Å². The number of nitrogens with zero attached hydrogens (tertiary/aromatic N) is 4. The summed E-state index contributed by atoms with van der Waals surface area (Å²) in [5.74, 6) is -2.78. The van der Waals surface area contributed by atoms with E-state index in [0.29, 0.717) is 31.5 Å². The largest absolute Gasteiger partial charge is 0.334 e. The Morgan fingerprint density at radius 3 is 2.71 bits per heavy atom. The van der Waals surface area contributed by atoms with E-state index in [1.165, 1.54) is 11.0 Å². The highest BCUT2D eigenvalue weighted by Crippen LogP contribution is 2.40. The lowest BCUT2D eigenvalue weighted by molar-refractivity contribution is -0.142. The monoisotopic (exact) mass is 388 g/mol. The number of likely N-dealkylation sites (tertiary alicyclic amines) is 1. The Balaban J connectivity index is 1.74. The molecule has 1 fully saturated rings. The zero-order valence-electron chi connectivity index (χ0n) is 15.9. The summed E-state index contributed by atoms with van der Waals surface area (Å²) in [6.45, 7) is 2.63. The summed E-state index contributed by atoms with van der Waals surface area (Å²) in [5, 5.41) is 4.18. The number of anilines is 1. The van der Waals surface area contributed by atoms with E-state index in [1.54, 1.807) is 28.9 Å². The zero-order chi connectivity index (χ0) is 20.0. The van der Waals surface area contributed by atoms with E-state index >= 15 is 0 Å². The molecule has 2 amide bonds. The summed E-state index contributed by atoms with van der Waals surface area (Å²) in [4.78, 5) is 29.0. The number of rotatable bonds is 3. The van der Waals surface area contributed by atoms with Crippen molar-refractivity contribution >= 4 is 17.5 Å². The molecule has 2 atom stereocenters. The van der Waals surface area contributed by atoms with Gasteiger partial charge in [-0.25, -0.2) is 8.78 Å². The minimum Gasteiger partial charge on any atom is -0.334 e. The van der Waals surface area contributed by atoms with E-state index in [2.05, 4.69) is 5.10 Å². The van der Waals surface area contributed by atoms with Gasteiger partial charge in [-0.05, 0) is 37.5 Å². The lowest BCUT2D eigenvalue weighted by atomic mass is 9.85. The van der Waals surface area contributed by atoms with Crippen molar-refractivity contribution in [2.45, 2.75) is 32.2 Å². The Bertz CT molecular complexity index is 942. The van der Waals surface area contributed by atoms with Crippen molar-refractivity contribution in [2.24, 2.45) is 13.0 Å². The molecule has 0 saturated carbocycles. The molecule has 0 aliphatic carbocycles. The Morgan fingerprint density at radius 2 is 2.04 bits per heavy atom. The minimum absolute atomic E-state index is 0.0169. The van der Waals surface area contributed by atoms with E-state index in [4.69, 9.17) is 0 Å². The van der Waals surface area contributed by atoms with Crippen molar-refractivity contribution in [1.82, 2.24) is 14.7 Å². The van der Waals surface area contributed by atoms with Crippen molar-refractivity contribution in [2.75, 3.05) is 18.0 Å². The van der Waals surface area contributed by atoms with Crippen LogP contribution >= 0.6 is 0 Å². The molecule has 2 aliphatic rings. The highest BCUT2D eigenvalue weighted by Gasteiger charge is 2.44. The molecule has 1 saturated heterocycles. The van der Waals surface area contributed by atoms with Gasteiger partial charge in [0.2, 0.25) is 11.8 Å². The molecule has 0 bridgehead atoms. The molecule has 1 aromatic heterocycles. The van der Waals surface area contributed by atoms with Gasteiger partial charge in [-0.1, -0.05) is 6.07 Å². The maximum Gasteiger partial charge on any atom is 0.232 e. The van der Waals surface area contributed by atoms with E-state index in [9.17, 15) is 18.4 Å². The van der Waals surface area contributed by atoms with Crippen LogP contribution < -0.4 is 4.90 Å². The van der Waals surface area contributed by atoms with Gasteiger partial charge >= 0.3 is 0 Å². The molecule has 0 radical (unpaired) electrons. The molecule has 28 heavy (non-hydrogen) atoms. The van der Waals surface area contributed by atoms with Crippen LogP contribution in [-0.2, 0) is 23.1 Å². The quantitative estimate of drug-likeness (QED) is 0.812. The number of fused-ring (bicyclic) bond motifs is 1. The zero-order valence-corrected chi connectivity index (χ0v) is 15.9. The van der Waals surface area contributed by atoms with Crippen LogP contribution in [0.1, 0.15) is 37.1 Å². The summed E-state index contributed by atoms with van der Waals surface area (Å²) in [5.41, 5.74) is 1.42. The Morgan fingerprint density at radius 1 is 1.25 bits per heavy atom. The number of piperidine rings is 1. The third-order valence-corrected chi connectivity index (χ3v) is 5.82. The number of amides is 2.